The number of rotatable bonds is 2. The van der Waals surface area contributed by atoms with Gasteiger partial charge in [-0.1, -0.05) is 13.8 Å². The first-order chi connectivity index (χ1) is 6.38. The van der Waals surface area contributed by atoms with Gasteiger partial charge in [0.1, 0.15) is 5.75 Å². The minimum Gasteiger partial charge on any atom is -0.507 e. The van der Waals surface area contributed by atoms with Crippen LogP contribution in [0.5, 0.6) is 5.75 Å². The molecule has 0 fully saturated rings. The summed E-state index contributed by atoms with van der Waals surface area (Å²) in [4.78, 5) is 0. The maximum absolute atomic E-state index is 9.45. The number of aryl methyl sites for hydroxylation is 1. The summed E-state index contributed by atoms with van der Waals surface area (Å²) in [6.07, 6.45) is 0. The smallest absolute Gasteiger partial charge is 0.130 e. The third-order valence-corrected chi connectivity index (χ3v) is 3.05. The molecule has 0 bridgehead atoms. The molecule has 0 aromatic heterocycles. The Morgan fingerprint density at radius 3 is 2.43 bits per heavy atom. The van der Waals surface area contributed by atoms with Crippen molar-refractivity contribution in [2.24, 2.45) is 0 Å². The van der Waals surface area contributed by atoms with Gasteiger partial charge in [-0.3, -0.25) is 0 Å². The molecule has 1 rings (SSSR count). The standard InChI is InChI=1S/C11H15BrO2/c1-7-4-10(14)9(12)5-8(7)11(2,3)6-13/h4-5,13-14H,6H2,1-3H3. The predicted molar refractivity (Wildman–Crippen MR) is 60.7 cm³/mol. The van der Waals surface area contributed by atoms with E-state index >= 15 is 0 Å². The summed E-state index contributed by atoms with van der Waals surface area (Å²) < 4.78 is 0.666. The van der Waals surface area contributed by atoms with Crippen molar-refractivity contribution < 1.29 is 10.2 Å². The first-order valence-electron chi connectivity index (χ1n) is 4.49. The second kappa shape index (κ2) is 3.91. The van der Waals surface area contributed by atoms with E-state index in [0.29, 0.717) is 4.47 Å². The number of phenols is 1. The van der Waals surface area contributed by atoms with Crippen LogP contribution in [-0.2, 0) is 5.41 Å². The highest BCUT2D eigenvalue weighted by Crippen LogP contribution is 2.33. The number of benzene rings is 1. The van der Waals surface area contributed by atoms with Crippen LogP contribution in [-0.4, -0.2) is 16.8 Å². The van der Waals surface area contributed by atoms with Gasteiger partial charge in [0.15, 0.2) is 0 Å². The number of hydrogen-bond acceptors (Lipinski definition) is 2. The molecule has 0 saturated heterocycles. The number of halogens is 1. The fourth-order valence-corrected chi connectivity index (χ4v) is 1.82. The topological polar surface area (TPSA) is 40.5 Å². The molecule has 0 aliphatic carbocycles. The van der Waals surface area contributed by atoms with Gasteiger partial charge in [-0.25, -0.2) is 0 Å². The summed E-state index contributed by atoms with van der Waals surface area (Å²) >= 11 is 3.27. The molecule has 0 aliphatic rings. The van der Waals surface area contributed by atoms with Crippen molar-refractivity contribution in [3.8, 4) is 5.75 Å². The van der Waals surface area contributed by atoms with Gasteiger partial charge < -0.3 is 10.2 Å². The second-order valence-electron chi connectivity index (χ2n) is 4.16. The molecule has 0 unspecified atom stereocenters. The fraction of sp³-hybridized carbons (Fsp3) is 0.455. The largest absolute Gasteiger partial charge is 0.507 e. The Morgan fingerprint density at radius 1 is 1.36 bits per heavy atom. The van der Waals surface area contributed by atoms with Crippen LogP contribution < -0.4 is 0 Å². The van der Waals surface area contributed by atoms with E-state index in [0.717, 1.165) is 11.1 Å². The van der Waals surface area contributed by atoms with E-state index in [4.69, 9.17) is 0 Å². The summed E-state index contributed by atoms with van der Waals surface area (Å²) in [5.41, 5.74) is 1.76. The SMILES string of the molecule is Cc1cc(O)c(Br)cc1C(C)(C)CO. The average molecular weight is 259 g/mol. The van der Waals surface area contributed by atoms with Crippen LogP contribution in [0, 0.1) is 6.92 Å². The van der Waals surface area contributed by atoms with E-state index in [-0.39, 0.29) is 17.8 Å². The Kier molecular flexibility index (Phi) is 3.22. The van der Waals surface area contributed by atoms with E-state index in [2.05, 4.69) is 15.9 Å². The normalized spacial score (nSPS) is 11.8. The molecule has 1 aromatic rings. The lowest BCUT2D eigenvalue weighted by Crippen LogP contribution is -2.23. The van der Waals surface area contributed by atoms with E-state index in [1.54, 1.807) is 6.07 Å². The molecule has 1 aromatic carbocycles. The van der Waals surface area contributed by atoms with Gasteiger partial charge >= 0.3 is 0 Å². The Balaban J connectivity index is 3.29. The summed E-state index contributed by atoms with van der Waals surface area (Å²) in [6, 6.07) is 3.57. The zero-order valence-corrected chi connectivity index (χ0v) is 10.2. The molecule has 0 radical (unpaired) electrons. The van der Waals surface area contributed by atoms with Gasteiger partial charge in [-0.15, -0.1) is 0 Å². The third-order valence-electron chi connectivity index (χ3n) is 2.42. The lowest BCUT2D eigenvalue weighted by Gasteiger charge is -2.24. The van der Waals surface area contributed by atoms with Crippen molar-refractivity contribution in [3.05, 3.63) is 27.7 Å². The molecule has 14 heavy (non-hydrogen) atoms. The minimum atomic E-state index is -0.277. The van der Waals surface area contributed by atoms with Crippen molar-refractivity contribution in [3.63, 3.8) is 0 Å². The lowest BCUT2D eigenvalue weighted by atomic mass is 9.83. The monoisotopic (exact) mass is 258 g/mol. The summed E-state index contributed by atoms with van der Waals surface area (Å²) in [6.45, 7) is 5.96. The minimum absolute atomic E-state index is 0.0883. The molecule has 0 atom stereocenters. The van der Waals surface area contributed by atoms with Gasteiger partial charge in [0.05, 0.1) is 11.1 Å². The van der Waals surface area contributed by atoms with Crippen molar-refractivity contribution in [1.82, 2.24) is 0 Å². The zero-order chi connectivity index (χ0) is 10.9. The van der Waals surface area contributed by atoms with Crippen LogP contribution in [0.1, 0.15) is 25.0 Å². The Labute approximate surface area is 92.7 Å². The van der Waals surface area contributed by atoms with Crippen molar-refractivity contribution >= 4 is 15.9 Å². The van der Waals surface area contributed by atoms with Gasteiger partial charge in [0.25, 0.3) is 0 Å². The molecule has 0 aliphatic heterocycles. The summed E-state index contributed by atoms with van der Waals surface area (Å²) in [5, 5.41) is 18.7. The molecule has 78 valence electrons. The van der Waals surface area contributed by atoms with E-state index in [1.165, 1.54) is 0 Å². The molecule has 2 nitrogen and oxygen atoms in total. The Bertz CT molecular complexity index is 345. The number of aliphatic hydroxyl groups excluding tert-OH is 1. The zero-order valence-electron chi connectivity index (χ0n) is 8.63. The van der Waals surface area contributed by atoms with E-state index in [9.17, 15) is 10.2 Å². The van der Waals surface area contributed by atoms with Crippen LogP contribution in [0.2, 0.25) is 0 Å². The third kappa shape index (κ3) is 2.10. The van der Waals surface area contributed by atoms with Crippen LogP contribution in [0.4, 0.5) is 0 Å². The highest BCUT2D eigenvalue weighted by molar-refractivity contribution is 9.10. The highest BCUT2D eigenvalue weighted by atomic mass is 79.9. The quantitative estimate of drug-likeness (QED) is 0.857. The predicted octanol–water partition coefficient (Wildman–Crippen LogP) is 2.73. The van der Waals surface area contributed by atoms with Crippen LogP contribution >= 0.6 is 15.9 Å². The van der Waals surface area contributed by atoms with Crippen molar-refractivity contribution in [2.75, 3.05) is 6.61 Å². The average Bonchev–Trinajstić information content (AvgIpc) is 2.11. The Hall–Kier alpha value is -0.540. The maximum atomic E-state index is 9.45. The first-order valence-corrected chi connectivity index (χ1v) is 5.28. The molecular weight excluding hydrogens is 244 g/mol. The maximum Gasteiger partial charge on any atom is 0.130 e. The van der Waals surface area contributed by atoms with E-state index in [1.807, 2.05) is 26.8 Å². The first kappa shape index (κ1) is 11.5. The molecule has 3 heteroatoms. The highest BCUT2D eigenvalue weighted by Gasteiger charge is 2.22. The molecule has 2 N–H and O–H groups in total. The molecule has 0 saturated carbocycles. The number of aliphatic hydroxyl groups is 1. The van der Waals surface area contributed by atoms with Crippen molar-refractivity contribution in [1.29, 1.82) is 0 Å². The number of aromatic hydroxyl groups is 1. The molecule has 0 spiro atoms. The van der Waals surface area contributed by atoms with E-state index < -0.39 is 0 Å². The molecule has 0 amide bonds. The van der Waals surface area contributed by atoms with Gasteiger partial charge in [-0.05, 0) is 46.1 Å². The van der Waals surface area contributed by atoms with Gasteiger partial charge in [0.2, 0.25) is 0 Å². The van der Waals surface area contributed by atoms with Crippen LogP contribution in [0.25, 0.3) is 0 Å². The Morgan fingerprint density at radius 2 is 1.93 bits per heavy atom. The van der Waals surface area contributed by atoms with Gasteiger partial charge in [0, 0.05) is 5.41 Å². The number of phenolic OH excluding ortho intramolecular Hbond substituents is 1. The van der Waals surface area contributed by atoms with Crippen molar-refractivity contribution in [2.45, 2.75) is 26.2 Å². The second-order valence-corrected chi connectivity index (χ2v) is 5.01. The summed E-state index contributed by atoms with van der Waals surface area (Å²) in [7, 11) is 0. The summed E-state index contributed by atoms with van der Waals surface area (Å²) in [5.74, 6) is 0.236. The molecule has 0 heterocycles. The lowest BCUT2D eigenvalue weighted by molar-refractivity contribution is 0.218. The van der Waals surface area contributed by atoms with Gasteiger partial charge in [-0.2, -0.15) is 0 Å². The fourth-order valence-electron chi connectivity index (χ4n) is 1.48. The number of hydrogen-bond donors (Lipinski definition) is 2. The molecular formula is C11H15BrO2. The van der Waals surface area contributed by atoms with Crippen LogP contribution in [0.3, 0.4) is 0 Å². The van der Waals surface area contributed by atoms with Crippen LogP contribution in [0.15, 0.2) is 16.6 Å².